The lowest BCUT2D eigenvalue weighted by Crippen LogP contribution is -2.29. The van der Waals surface area contributed by atoms with Gasteiger partial charge >= 0.3 is 0 Å². The van der Waals surface area contributed by atoms with E-state index in [4.69, 9.17) is 4.74 Å². The van der Waals surface area contributed by atoms with Crippen molar-refractivity contribution in [2.75, 3.05) is 25.0 Å². The van der Waals surface area contributed by atoms with E-state index in [2.05, 4.69) is 21.3 Å². The Bertz CT molecular complexity index is 655. The summed E-state index contributed by atoms with van der Waals surface area (Å²) in [5, 5.41) is 2.76. The normalized spacial score (nSPS) is 15.0. The van der Waals surface area contributed by atoms with Crippen LogP contribution in [0.5, 0.6) is 5.75 Å². The third-order valence-electron chi connectivity index (χ3n) is 4.07. The minimum atomic E-state index is -0.190. The van der Waals surface area contributed by atoms with E-state index >= 15 is 0 Å². The molecule has 1 amide bonds. The lowest BCUT2D eigenvalue weighted by Gasteiger charge is -2.26. The Hall–Kier alpha value is -2.40. The number of benzene rings is 1. The maximum atomic E-state index is 11.9. The van der Waals surface area contributed by atoms with Gasteiger partial charge in [0, 0.05) is 12.7 Å². The Morgan fingerprint density at radius 1 is 1.17 bits per heavy atom. The standard InChI is InChI=1S/C19H23N3O2/c23-19(21-17-7-5-9-20-13-17)15-24-18-8-4-6-16(12-18)14-22-10-2-1-3-11-22/h4-9,12-13H,1-3,10-11,14-15H2,(H,21,23). The van der Waals surface area contributed by atoms with E-state index in [0.29, 0.717) is 5.69 Å². The molecule has 1 aliphatic rings. The highest BCUT2D eigenvalue weighted by molar-refractivity contribution is 5.91. The van der Waals surface area contributed by atoms with Crippen molar-refractivity contribution < 1.29 is 9.53 Å². The van der Waals surface area contributed by atoms with Gasteiger partial charge in [-0.1, -0.05) is 18.6 Å². The number of hydrogen-bond donors (Lipinski definition) is 1. The molecular formula is C19H23N3O2. The van der Waals surface area contributed by atoms with Crippen LogP contribution in [0.25, 0.3) is 0 Å². The van der Waals surface area contributed by atoms with Gasteiger partial charge in [0.1, 0.15) is 5.75 Å². The number of carbonyl (C=O) groups is 1. The summed E-state index contributed by atoms with van der Waals surface area (Å²) >= 11 is 0. The molecule has 3 rings (SSSR count). The Kier molecular flexibility index (Phi) is 5.80. The van der Waals surface area contributed by atoms with Gasteiger partial charge in [-0.2, -0.15) is 0 Å². The number of hydrogen-bond acceptors (Lipinski definition) is 4. The van der Waals surface area contributed by atoms with Crippen molar-refractivity contribution in [3.63, 3.8) is 0 Å². The van der Waals surface area contributed by atoms with Gasteiger partial charge in [-0.05, 0) is 55.8 Å². The molecule has 0 bridgehead atoms. The minimum absolute atomic E-state index is 0.0118. The molecule has 2 heterocycles. The highest BCUT2D eigenvalue weighted by atomic mass is 16.5. The van der Waals surface area contributed by atoms with E-state index in [-0.39, 0.29) is 12.5 Å². The number of piperidine rings is 1. The largest absolute Gasteiger partial charge is 0.484 e. The van der Waals surface area contributed by atoms with Crippen LogP contribution in [-0.2, 0) is 11.3 Å². The molecule has 126 valence electrons. The van der Waals surface area contributed by atoms with E-state index in [1.165, 1.54) is 37.9 Å². The van der Waals surface area contributed by atoms with Crippen LogP contribution in [0.3, 0.4) is 0 Å². The van der Waals surface area contributed by atoms with Gasteiger partial charge in [0.05, 0.1) is 11.9 Å². The molecule has 1 aliphatic heterocycles. The summed E-state index contributed by atoms with van der Waals surface area (Å²) in [7, 11) is 0. The van der Waals surface area contributed by atoms with Crippen LogP contribution in [0.2, 0.25) is 0 Å². The van der Waals surface area contributed by atoms with Gasteiger partial charge in [0.2, 0.25) is 0 Å². The highest BCUT2D eigenvalue weighted by Gasteiger charge is 2.11. The fraction of sp³-hybridized carbons (Fsp3) is 0.368. The first-order valence-electron chi connectivity index (χ1n) is 8.43. The van der Waals surface area contributed by atoms with Gasteiger partial charge in [-0.3, -0.25) is 14.7 Å². The van der Waals surface area contributed by atoms with Crippen LogP contribution in [0.1, 0.15) is 24.8 Å². The molecule has 1 N–H and O–H groups in total. The molecule has 1 aromatic heterocycles. The quantitative estimate of drug-likeness (QED) is 0.887. The van der Waals surface area contributed by atoms with Crippen molar-refractivity contribution >= 4 is 11.6 Å². The molecule has 0 aliphatic carbocycles. The maximum absolute atomic E-state index is 11.9. The summed E-state index contributed by atoms with van der Waals surface area (Å²) in [6, 6.07) is 11.6. The van der Waals surface area contributed by atoms with Crippen molar-refractivity contribution in [1.82, 2.24) is 9.88 Å². The van der Waals surface area contributed by atoms with E-state index in [1.54, 1.807) is 24.5 Å². The maximum Gasteiger partial charge on any atom is 0.262 e. The van der Waals surface area contributed by atoms with Crippen LogP contribution in [0, 0.1) is 0 Å². The molecule has 2 aromatic rings. The van der Waals surface area contributed by atoms with Gasteiger partial charge in [-0.15, -0.1) is 0 Å². The predicted octanol–water partition coefficient (Wildman–Crippen LogP) is 3.09. The second-order valence-corrected chi connectivity index (χ2v) is 6.06. The highest BCUT2D eigenvalue weighted by Crippen LogP contribution is 2.17. The number of amides is 1. The number of ether oxygens (including phenoxy) is 1. The van der Waals surface area contributed by atoms with Crippen LogP contribution in [-0.4, -0.2) is 35.5 Å². The third kappa shape index (κ3) is 5.06. The number of likely N-dealkylation sites (tertiary alicyclic amines) is 1. The van der Waals surface area contributed by atoms with Crippen LogP contribution < -0.4 is 10.1 Å². The number of pyridine rings is 1. The van der Waals surface area contributed by atoms with Crippen molar-refractivity contribution in [3.8, 4) is 5.75 Å². The van der Waals surface area contributed by atoms with Gasteiger partial charge in [0.15, 0.2) is 6.61 Å². The Morgan fingerprint density at radius 3 is 2.83 bits per heavy atom. The predicted molar refractivity (Wildman–Crippen MR) is 93.9 cm³/mol. The summed E-state index contributed by atoms with van der Waals surface area (Å²) in [5.41, 5.74) is 1.90. The second kappa shape index (κ2) is 8.45. The first kappa shape index (κ1) is 16.5. The van der Waals surface area contributed by atoms with E-state index in [1.807, 2.05) is 18.2 Å². The van der Waals surface area contributed by atoms with Crippen molar-refractivity contribution in [1.29, 1.82) is 0 Å². The number of rotatable bonds is 6. The SMILES string of the molecule is O=C(COc1cccc(CN2CCCCC2)c1)Nc1cccnc1. The molecule has 1 fully saturated rings. The van der Waals surface area contributed by atoms with Crippen molar-refractivity contribution in [2.45, 2.75) is 25.8 Å². The molecular weight excluding hydrogens is 302 g/mol. The van der Waals surface area contributed by atoms with E-state index in [0.717, 1.165) is 12.3 Å². The Labute approximate surface area is 142 Å². The van der Waals surface area contributed by atoms with Crippen molar-refractivity contribution in [3.05, 3.63) is 54.4 Å². The number of aromatic nitrogens is 1. The molecule has 1 aromatic carbocycles. The summed E-state index contributed by atoms with van der Waals surface area (Å²) in [6.45, 7) is 3.26. The van der Waals surface area contributed by atoms with E-state index < -0.39 is 0 Å². The zero-order valence-corrected chi connectivity index (χ0v) is 13.8. The lowest BCUT2D eigenvalue weighted by atomic mass is 10.1. The molecule has 5 nitrogen and oxygen atoms in total. The summed E-state index contributed by atoms with van der Waals surface area (Å²) in [5.74, 6) is 0.537. The van der Waals surface area contributed by atoms with Gasteiger partial charge in [0.25, 0.3) is 5.91 Å². The van der Waals surface area contributed by atoms with E-state index in [9.17, 15) is 4.79 Å². The van der Waals surface area contributed by atoms with Gasteiger partial charge in [-0.25, -0.2) is 0 Å². The summed E-state index contributed by atoms with van der Waals surface area (Å²) in [6.07, 6.45) is 7.18. The Balaban J connectivity index is 1.49. The molecule has 1 saturated heterocycles. The zero-order chi connectivity index (χ0) is 16.6. The number of anilines is 1. The fourth-order valence-corrected chi connectivity index (χ4v) is 2.89. The average Bonchev–Trinajstić information content (AvgIpc) is 2.62. The number of carbonyl (C=O) groups excluding carboxylic acids is 1. The fourth-order valence-electron chi connectivity index (χ4n) is 2.89. The number of nitrogens with one attached hydrogen (secondary N) is 1. The summed E-state index contributed by atoms with van der Waals surface area (Å²) in [4.78, 5) is 18.3. The monoisotopic (exact) mass is 325 g/mol. The molecule has 0 spiro atoms. The molecule has 24 heavy (non-hydrogen) atoms. The smallest absolute Gasteiger partial charge is 0.262 e. The first-order valence-corrected chi connectivity index (χ1v) is 8.43. The first-order chi connectivity index (χ1) is 11.8. The Morgan fingerprint density at radius 2 is 2.04 bits per heavy atom. The molecule has 5 heteroatoms. The van der Waals surface area contributed by atoms with Crippen molar-refractivity contribution in [2.24, 2.45) is 0 Å². The average molecular weight is 325 g/mol. The molecule has 0 unspecified atom stereocenters. The topological polar surface area (TPSA) is 54.5 Å². The zero-order valence-electron chi connectivity index (χ0n) is 13.8. The minimum Gasteiger partial charge on any atom is -0.484 e. The van der Waals surface area contributed by atoms with Crippen LogP contribution in [0.4, 0.5) is 5.69 Å². The second-order valence-electron chi connectivity index (χ2n) is 6.06. The molecule has 0 atom stereocenters. The molecule has 0 saturated carbocycles. The third-order valence-corrected chi connectivity index (χ3v) is 4.07. The van der Waals surface area contributed by atoms with Crippen LogP contribution in [0.15, 0.2) is 48.8 Å². The molecule has 0 radical (unpaired) electrons. The van der Waals surface area contributed by atoms with Crippen LogP contribution >= 0.6 is 0 Å². The lowest BCUT2D eigenvalue weighted by molar-refractivity contribution is -0.118. The number of nitrogens with zero attached hydrogens (tertiary/aromatic N) is 2. The summed E-state index contributed by atoms with van der Waals surface area (Å²) < 4.78 is 5.62. The van der Waals surface area contributed by atoms with Gasteiger partial charge < -0.3 is 10.1 Å².